The number of pyridine rings is 1. The Morgan fingerprint density at radius 3 is 2.95 bits per heavy atom. The number of aromatic nitrogens is 1. The van der Waals surface area contributed by atoms with Crippen LogP contribution in [-0.4, -0.2) is 24.1 Å². The number of nitrogens with zero attached hydrogens (tertiary/aromatic N) is 2. The second-order valence-electron chi connectivity index (χ2n) is 6.75. The maximum Gasteiger partial charge on any atom is 0.128 e. The molecule has 1 saturated carbocycles. The average molecular weight is 287 g/mol. The second-order valence-corrected chi connectivity index (χ2v) is 6.75. The summed E-state index contributed by atoms with van der Waals surface area (Å²) in [4.78, 5) is 7.11. The van der Waals surface area contributed by atoms with Crippen molar-refractivity contribution in [1.82, 2.24) is 10.3 Å². The van der Waals surface area contributed by atoms with Crippen molar-refractivity contribution in [2.75, 3.05) is 18.0 Å². The molecule has 3 rings (SSSR count). The Morgan fingerprint density at radius 1 is 1.24 bits per heavy atom. The standard InChI is InChI=1S/C18H29N3/c1-2-4-15-5-3-11-21(12-9-15)18-13-16(8-10-19-18)14-20-17-6-7-17/h8,10,13,15,17,20H,2-7,9,11-12,14H2,1H3. The third-order valence-electron chi connectivity index (χ3n) is 4.85. The molecule has 0 spiro atoms. The quantitative estimate of drug-likeness (QED) is 0.864. The lowest BCUT2D eigenvalue weighted by atomic mass is 9.96. The molecule has 3 heteroatoms. The van der Waals surface area contributed by atoms with Gasteiger partial charge in [0.1, 0.15) is 5.82 Å². The zero-order chi connectivity index (χ0) is 14.5. The van der Waals surface area contributed by atoms with E-state index in [1.807, 2.05) is 6.20 Å². The molecule has 1 atom stereocenters. The molecule has 2 aliphatic rings. The summed E-state index contributed by atoms with van der Waals surface area (Å²) in [5.74, 6) is 2.11. The highest BCUT2D eigenvalue weighted by atomic mass is 15.2. The maximum atomic E-state index is 4.62. The lowest BCUT2D eigenvalue weighted by molar-refractivity contribution is 0.435. The summed E-state index contributed by atoms with van der Waals surface area (Å²) in [5, 5.41) is 3.59. The van der Waals surface area contributed by atoms with Crippen molar-refractivity contribution in [3.8, 4) is 0 Å². The van der Waals surface area contributed by atoms with Crippen molar-refractivity contribution < 1.29 is 0 Å². The summed E-state index contributed by atoms with van der Waals surface area (Å²) < 4.78 is 0. The molecule has 21 heavy (non-hydrogen) atoms. The zero-order valence-electron chi connectivity index (χ0n) is 13.4. The first kappa shape index (κ1) is 14.8. The summed E-state index contributed by atoms with van der Waals surface area (Å²) in [6, 6.07) is 5.21. The van der Waals surface area contributed by atoms with Crippen molar-refractivity contribution in [1.29, 1.82) is 0 Å². The van der Waals surface area contributed by atoms with Gasteiger partial charge in [0.15, 0.2) is 0 Å². The van der Waals surface area contributed by atoms with Gasteiger partial charge in [0.25, 0.3) is 0 Å². The summed E-state index contributed by atoms with van der Waals surface area (Å²) in [7, 11) is 0. The molecule has 1 aromatic rings. The number of rotatable bonds is 6. The van der Waals surface area contributed by atoms with Crippen molar-refractivity contribution >= 4 is 5.82 Å². The summed E-state index contributed by atoms with van der Waals surface area (Å²) in [5.41, 5.74) is 1.38. The van der Waals surface area contributed by atoms with Crippen LogP contribution >= 0.6 is 0 Å². The smallest absolute Gasteiger partial charge is 0.128 e. The van der Waals surface area contributed by atoms with Gasteiger partial charge in [-0.25, -0.2) is 4.98 Å². The first-order chi connectivity index (χ1) is 10.3. The minimum Gasteiger partial charge on any atom is -0.357 e. The normalized spacial score (nSPS) is 23.1. The lowest BCUT2D eigenvalue weighted by Gasteiger charge is -2.22. The first-order valence-corrected chi connectivity index (χ1v) is 8.78. The number of hydrogen-bond donors (Lipinski definition) is 1. The van der Waals surface area contributed by atoms with E-state index in [0.29, 0.717) is 0 Å². The van der Waals surface area contributed by atoms with E-state index in [2.05, 4.69) is 34.3 Å². The number of nitrogens with one attached hydrogen (secondary N) is 1. The molecule has 2 fully saturated rings. The molecule has 0 radical (unpaired) electrons. The van der Waals surface area contributed by atoms with Gasteiger partial charge in [0, 0.05) is 31.9 Å². The highest BCUT2D eigenvalue weighted by molar-refractivity contribution is 5.41. The van der Waals surface area contributed by atoms with Gasteiger partial charge < -0.3 is 10.2 Å². The predicted molar refractivity (Wildman–Crippen MR) is 88.6 cm³/mol. The average Bonchev–Trinajstić information content (AvgIpc) is 3.33. The van der Waals surface area contributed by atoms with Gasteiger partial charge in [0.05, 0.1) is 0 Å². The predicted octanol–water partition coefficient (Wildman–Crippen LogP) is 3.74. The molecule has 1 N–H and O–H groups in total. The van der Waals surface area contributed by atoms with Gasteiger partial charge in [-0.15, -0.1) is 0 Å². The Bertz CT molecular complexity index is 442. The molecule has 1 unspecified atom stereocenters. The van der Waals surface area contributed by atoms with E-state index < -0.39 is 0 Å². The van der Waals surface area contributed by atoms with Crippen LogP contribution in [0.1, 0.15) is 57.4 Å². The monoisotopic (exact) mass is 287 g/mol. The lowest BCUT2D eigenvalue weighted by Crippen LogP contribution is -2.25. The molecule has 2 heterocycles. The number of anilines is 1. The molecule has 0 bridgehead atoms. The molecular weight excluding hydrogens is 258 g/mol. The van der Waals surface area contributed by atoms with Gasteiger partial charge in [0.2, 0.25) is 0 Å². The zero-order valence-corrected chi connectivity index (χ0v) is 13.4. The molecular formula is C18H29N3. The van der Waals surface area contributed by atoms with Gasteiger partial charge in [-0.3, -0.25) is 0 Å². The number of hydrogen-bond acceptors (Lipinski definition) is 3. The van der Waals surface area contributed by atoms with Gasteiger partial charge in [-0.2, -0.15) is 0 Å². The van der Waals surface area contributed by atoms with E-state index in [9.17, 15) is 0 Å². The third-order valence-corrected chi connectivity index (χ3v) is 4.85. The van der Waals surface area contributed by atoms with Crippen molar-refractivity contribution in [2.24, 2.45) is 5.92 Å². The fourth-order valence-electron chi connectivity index (χ4n) is 3.38. The Morgan fingerprint density at radius 2 is 2.14 bits per heavy atom. The highest BCUT2D eigenvalue weighted by Crippen LogP contribution is 2.25. The largest absolute Gasteiger partial charge is 0.357 e. The van der Waals surface area contributed by atoms with Crippen LogP contribution in [0.5, 0.6) is 0 Å². The van der Waals surface area contributed by atoms with Crippen molar-refractivity contribution in [2.45, 2.75) is 64.5 Å². The fourth-order valence-corrected chi connectivity index (χ4v) is 3.38. The van der Waals surface area contributed by atoms with E-state index in [0.717, 1.165) is 18.5 Å². The Hall–Kier alpha value is -1.09. The third kappa shape index (κ3) is 4.44. The van der Waals surface area contributed by atoms with Crippen molar-refractivity contribution in [3.63, 3.8) is 0 Å². The van der Waals surface area contributed by atoms with E-state index in [4.69, 9.17) is 0 Å². The second kappa shape index (κ2) is 7.26. The Balaban J connectivity index is 1.58. The summed E-state index contributed by atoms with van der Waals surface area (Å²) >= 11 is 0. The topological polar surface area (TPSA) is 28.2 Å². The summed E-state index contributed by atoms with van der Waals surface area (Å²) in [6.45, 7) is 5.65. The molecule has 1 aliphatic heterocycles. The molecule has 1 aromatic heterocycles. The molecule has 0 aromatic carbocycles. The molecule has 1 aliphatic carbocycles. The Kier molecular flexibility index (Phi) is 5.13. The van der Waals surface area contributed by atoms with Gasteiger partial charge in [-0.05, 0) is 55.7 Å². The molecule has 0 amide bonds. The fraction of sp³-hybridized carbons (Fsp3) is 0.722. The molecule has 3 nitrogen and oxygen atoms in total. The Labute approximate surface area is 129 Å². The van der Waals surface area contributed by atoms with E-state index in [-0.39, 0.29) is 0 Å². The maximum absolute atomic E-state index is 4.62. The summed E-state index contributed by atoms with van der Waals surface area (Å²) in [6.07, 6.45) is 11.4. The van der Waals surface area contributed by atoms with Crippen LogP contribution in [0.25, 0.3) is 0 Å². The molecule has 116 valence electrons. The van der Waals surface area contributed by atoms with E-state index in [1.165, 1.54) is 69.4 Å². The van der Waals surface area contributed by atoms with Crippen LogP contribution in [-0.2, 0) is 6.54 Å². The SMILES string of the molecule is CCCC1CCCN(c2cc(CNC3CC3)ccn2)CC1. The van der Waals surface area contributed by atoms with Crippen LogP contribution in [0.3, 0.4) is 0 Å². The van der Waals surface area contributed by atoms with Gasteiger partial charge >= 0.3 is 0 Å². The van der Waals surface area contributed by atoms with Crippen LogP contribution in [0.15, 0.2) is 18.3 Å². The highest BCUT2D eigenvalue weighted by Gasteiger charge is 2.20. The van der Waals surface area contributed by atoms with E-state index in [1.54, 1.807) is 0 Å². The van der Waals surface area contributed by atoms with Crippen LogP contribution in [0, 0.1) is 5.92 Å². The van der Waals surface area contributed by atoms with Crippen LogP contribution < -0.4 is 10.2 Å². The minimum atomic E-state index is 0.773. The van der Waals surface area contributed by atoms with E-state index >= 15 is 0 Å². The van der Waals surface area contributed by atoms with Crippen LogP contribution in [0.4, 0.5) is 5.82 Å². The van der Waals surface area contributed by atoms with Crippen LogP contribution in [0.2, 0.25) is 0 Å². The first-order valence-electron chi connectivity index (χ1n) is 8.78. The molecule has 1 saturated heterocycles. The van der Waals surface area contributed by atoms with Gasteiger partial charge in [-0.1, -0.05) is 19.8 Å². The van der Waals surface area contributed by atoms with Crippen molar-refractivity contribution in [3.05, 3.63) is 23.9 Å². The minimum absolute atomic E-state index is 0.773.